The lowest BCUT2D eigenvalue weighted by molar-refractivity contribution is 0.621. The minimum absolute atomic E-state index is 0.226. The summed E-state index contributed by atoms with van der Waals surface area (Å²) in [5, 5.41) is 1.24. The molecule has 0 bridgehead atoms. The fourth-order valence-corrected chi connectivity index (χ4v) is 2.64. The van der Waals surface area contributed by atoms with E-state index < -0.39 is 0 Å². The summed E-state index contributed by atoms with van der Waals surface area (Å²) in [5.41, 5.74) is 9.78. The smallest absolute Gasteiger partial charge is 0.123 e. The first-order chi connectivity index (χ1) is 9.67. The summed E-state index contributed by atoms with van der Waals surface area (Å²) in [7, 11) is 0. The lowest BCUT2D eigenvalue weighted by atomic mass is 10.1. The van der Waals surface area contributed by atoms with Crippen LogP contribution in [-0.2, 0) is 13.1 Å². The molecule has 0 fully saturated rings. The Balaban J connectivity index is 2.01. The minimum atomic E-state index is -0.226. The highest BCUT2D eigenvalue weighted by molar-refractivity contribution is 5.83. The normalized spacial score (nSPS) is 11.2. The maximum absolute atomic E-state index is 13.6. The van der Waals surface area contributed by atoms with Gasteiger partial charge in [-0.1, -0.05) is 18.2 Å². The first kappa shape index (κ1) is 12.9. The second kappa shape index (κ2) is 5.10. The first-order valence-electron chi connectivity index (χ1n) is 6.70. The van der Waals surface area contributed by atoms with Crippen LogP contribution in [0.25, 0.3) is 10.9 Å². The third-order valence-electron chi connectivity index (χ3n) is 3.64. The summed E-state index contributed by atoms with van der Waals surface area (Å²) in [5.74, 6) is -0.226. The van der Waals surface area contributed by atoms with E-state index in [9.17, 15) is 4.39 Å². The molecule has 2 nitrogen and oxygen atoms in total. The van der Waals surface area contributed by atoms with Crippen molar-refractivity contribution < 1.29 is 4.39 Å². The predicted octanol–water partition coefficient (Wildman–Crippen LogP) is 3.60. The van der Waals surface area contributed by atoms with Crippen LogP contribution in [0.5, 0.6) is 0 Å². The third-order valence-corrected chi connectivity index (χ3v) is 3.64. The van der Waals surface area contributed by atoms with Crippen molar-refractivity contribution in [1.29, 1.82) is 0 Å². The van der Waals surface area contributed by atoms with Gasteiger partial charge in [0.15, 0.2) is 0 Å². The molecule has 0 atom stereocenters. The van der Waals surface area contributed by atoms with Gasteiger partial charge in [0.25, 0.3) is 0 Å². The van der Waals surface area contributed by atoms with Crippen LogP contribution in [0.2, 0.25) is 0 Å². The van der Waals surface area contributed by atoms with Gasteiger partial charge < -0.3 is 10.3 Å². The Kier molecular flexibility index (Phi) is 3.28. The topological polar surface area (TPSA) is 30.9 Å². The van der Waals surface area contributed by atoms with Gasteiger partial charge in [-0.05, 0) is 47.9 Å². The lowest BCUT2D eigenvalue weighted by Gasteiger charge is -2.08. The molecule has 1 heterocycles. The van der Waals surface area contributed by atoms with Gasteiger partial charge in [-0.25, -0.2) is 4.39 Å². The van der Waals surface area contributed by atoms with E-state index in [1.807, 2.05) is 18.3 Å². The third kappa shape index (κ3) is 2.32. The summed E-state index contributed by atoms with van der Waals surface area (Å²) < 4.78 is 15.7. The highest BCUT2D eigenvalue weighted by Crippen LogP contribution is 2.21. The Hall–Kier alpha value is -2.13. The monoisotopic (exact) mass is 268 g/mol. The van der Waals surface area contributed by atoms with Gasteiger partial charge in [0.2, 0.25) is 0 Å². The van der Waals surface area contributed by atoms with Gasteiger partial charge in [-0.2, -0.15) is 0 Å². The summed E-state index contributed by atoms with van der Waals surface area (Å²) in [6.07, 6.45) is 2.05. The van der Waals surface area contributed by atoms with Crippen LogP contribution in [0, 0.1) is 12.7 Å². The number of hydrogen-bond donors (Lipinski definition) is 1. The summed E-state index contributed by atoms with van der Waals surface area (Å²) >= 11 is 0. The zero-order valence-electron chi connectivity index (χ0n) is 11.4. The maximum Gasteiger partial charge on any atom is 0.123 e. The Morgan fingerprint density at radius 3 is 2.70 bits per heavy atom. The van der Waals surface area contributed by atoms with E-state index in [-0.39, 0.29) is 5.82 Å². The number of aromatic nitrogens is 1. The highest BCUT2D eigenvalue weighted by Gasteiger charge is 2.05. The SMILES string of the molecule is Cc1cccc2c1ccn2Cc1cc(F)cc(CN)c1. The van der Waals surface area contributed by atoms with Crippen molar-refractivity contribution in [3.8, 4) is 0 Å². The van der Waals surface area contributed by atoms with Crippen LogP contribution < -0.4 is 5.73 Å². The molecule has 0 amide bonds. The van der Waals surface area contributed by atoms with Gasteiger partial charge in [0.05, 0.1) is 0 Å². The number of rotatable bonds is 3. The summed E-state index contributed by atoms with van der Waals surface area (Å²) in [4.78, 5) is 0. The largest absolute Gasteiger partial charge is 0.343 e. The van der Waals surface area contributed by atoms with Crippen molar-refractivity contribution >= 4 is 10.9 Å². The van der Waals surface area contributed by atoms with Crippen LogP contribution in [-0.4, -0.2) is 4.57 Å². The second-order valence-electron chi connectivity index (χ2n) is 5.12. The molecule has 0 aliphatic rings. The Labute approximate surface area is 117 Å². The van der Waals surface area contributed by atoms with Crippen LogP contribution in [0.3, 0.4) is 0 Å². The molecular weight excluding hydrogens is 251 g/mol. The van der Waals surface area contributed by atoms with E-state index >= 15 is 0 Å². The number of halogens is 1. The Morgan fingerprint density at radius 2 is 1.90 bits per heavy atom. The summed E-state index contributed by atoms with van der Waals surface area (Å²) in [6.45, 7) is 3.11. The molecule has 0 saturated carbocycles. The molecule has 0 unspecified atom stereocenters. The predicted molar refractivity (Wildman–Crippen MR) is 80.1 cm³/mol. The van der Waals surface area contributed by atoms with E-state index in [0.29, 0.717) is 13.1 Å². The van der Waals surface area contributed by atoms with Crippen molar-refractivity contribution in [1.82, 2.24) is 4.57 Å². The van der Waals surface area contributed by atoms with Gasteiger partial charge in [-0.15, -0.1) is 0 Å². The van der Waals surface area contributed by atoms with Crippen LogP contribution in [0.1, 0.15) is 16.7 Å². The molecule has 2 N–H and O–H groups in total. The molecule has 20 heavy (non-hydrogen) atoms. The Bertz CT molecular complexity index is 759. The first-order valence-corrected chi connectivity index (χ1v) is 6.70. The van der Waals surface area contributed by atoms with Crippen molar-refractivity contribution in [3.63, 3.8) is 0 Å². The number of nitrogens with zero attached hydrogens (tertiary/aromatic N) is 1. The number of hydrogen-bond acceptors (Lipinski definition) is 1. The Morgan fingerprint density at radius 1 is 1.10 bits per heavy atom. The zero-order chi connectivity index (χ0) is 14.1. The zero-order valence-corrected chi connectivity index (χ0v) is 11.4. The van der Waals surface area contributed by atoms with Crippen molar-refractivity contribution in [2.75, 3.05) is 0 Å². The molecule has 3 heteroatoms. The van der Waals surface area contributed by atoms with E-state index in [1.165, 1.54) is 22.5 Å². The molecule has 2 aromatic carbocycles. The molecule has 3 aromatic rings. The van der Waals surface area contributed by atoms with Crippen molar-refractivity contribution in [3.05, 3.63) is 71.2 Å². The fourth-order valence-electron chi connectivity index (χ4n) is 2.64. The lowest BCUT2D eigenvalue weighted by Crippen LogP contribution is -2.02. The van der Waals surface area contributed by atoms with Crippen molar-refractivity contribution in [2.24, 2.45) is 5.73 Å². The standard InChI is InChI=1S/C17H17FN2/c1-12-3-2-4-17-16(12)5-6-20(17)11-14-7-13(10-19)8-15(18)9-14/h2-9H,10-11,19H2,1H3. The number of benzene rings is 2. The number of aryl methyl sites for hydroxylation is 1. The molecule has 0 aliphatic carbocycles. The number of fused-ring (bicyclic) bond motifs is 1. The second-order valence-corrected chi connectivity index (χ2v) is 5.12. The molecule has 0 spiro atoms. The molecule has 102 valence electrons. The molecule has 0 saturated heterocycles. The molecular formula is C17H17FN2. The molecule has 0 aliphatic heterocycles. The minimum Gasteiger partial charge on any atom is -0.343 e. The van der Waals surface area contributed by atoms with Crippen LogP contribution in [0.15, 0.2) is 48.7 Å². The van der Waals surface area contributed by atoms with E-state index in [4.69, 9.17) is 5.73 Å². The van der Waals surface area contributed by atoms with Crippen LogP contribution in [0.4, 0.5) is 4.39 Å². The average molecular weight is 268 g/mol. The summed E-state index contributed by atoms with van der Waals surface area (Å²) in [6, 6.07) is 13.4. The van der Waals surface area contributed by atoms with Crippen molar-refractivity contribution in [2.45, 2.75) is 20.0 Å². The molecule has 0 radical (unpaired) electrons. The van der Waals surface area contributed by atoms with Crippen LogP contribution >= 0.6 is 0 Å². The van der Waals surface area contributed by atoms with E-state index in [0.717, 1.165) is 11.1 Å². The maximum atomic E-state index is 13.6. The molecule has 1 aromatic heterocycles. The molecule has 3 rings (SSSR count). The average Bonchev–Trinajstić information content (AvgIpc) is 2.83. The van der Waals surface area contributed by atoms with E-state index in [1.54, 1.807) is 6.07 Å². The van der Waals surface area contributed by atoms with Gasteiger partial charge >= 0.3 is 0 Å². The number of nitrogens with two attached hydrogens (primary N) is 1. The fraction of sp³-hybridized carbons (Fsp3) is 0.176. The van der Waals surface area contributed by atoms with E-state index in [2.05, 4.69) is 29.7 Å². The van der Waals surface area contributed by atoms with Gasteiger partial charge in [0, 0.05) is 30.2 Å². The van der Waals surface area contributed by atoms with Gasteiger partial charge in [-0.3, -0.25) is 0 Å². The quantitative estimate of drug-likeness (QED) is 0.773. The highest BCUT2D eigenvalue weighted by atomic mass is 19.1. The van der Waals surface area contributed by atoms with Gasteiger partial charge in [0.1, 0.15) is 5.82 Å².